The van der Waals surface area contributed by atoms with Gasteiger partial charge in [-0.25, -0.2) is 0 Å². The summed E-state index contributed by atoms with van der Waals surface area (Å²) in [5, 5.41) is 0. The lowest BCUT2D eigenvalue weighted by molar-refractivity contribution is -0.128. The molecule has 3 heteroatoms. The second-order valence-corrected chi connectivity index (χ2v) is 8.55. The molecular formula is C22H32N2O. The molecule has 1 aromatic carbocycles. The minimum Gasteiger partial charge on any atom is -0.342 e. The van der Waals surface area contributed by atoms with Crippen LogP contribution in [0.15, 0.2) is 24.3 Å². The molecule has 136 valence electrons. The van der Waals surface area contributed by atoms with Crippen LogP contribution in [0.2, 0.25) is 0 Å². The van der Waals surface area contributed by atoms with E-state index in [4.69, 9.17) is 0 Å². The fourth-order valence-corrected chi connectivity index (χ4v) is 5.47. The van der Waals surface area contributed by atoms with Crippen LogP contribution in [0, 0.1) is 11.8 Å². The third kappa shape index (κ3) is 3.48. The number of benzene rings is 1. The van der Waals surface area contributed by atoms with E-state index >= 15 is 0 Å². The van der Waals surface area contributed by atoms with E-state index in [0.29, 0.717) is 11.8 Å². The third-order valence-electron chi connectivity index (χ3n) is 7.09. The summed E-state index contributed by atoms with van der Waals surface area (Å²) in [6.07, 6.45) is 6.47. The van der Waals surface area contributed by atoms with Crippen LogP contribution < -0.4 is 0 Å². The van der Waals surface area contributed by atoms with Crippen molar-refractivity contribution in [3.8, 4) is 0 Å². The fraction of sp³-hybridized carbons (Fsp3) is 0.682. The van der Waals surface area contributed by atoms with Crippen molar-refractivity contribution in [3.05, 3.63) is 35.4 Å². The molecule has 2 saturated heterocycles. The third-order valence-corrected chi connectivity index (χ3v) is 7.09. The Morgan fingerprint density at radius 1 is 1.12 bits per heavy atom. The molecule has 3 nitrogen and oxygen atoms in total. The molecule has 1 aliphatic carbocycles. The van der Waals surface area contributed by atoms with Crippen molar-refractivity contribution < 1.29 is 4.79 Å². The molecule has 4 unspecified atom stereocenters. The van der Waals surface area contributed by atoms with Gasteiger partial charge in [-0.3, -0.25) is 4.79 Å². The van der Waals surface area contributed by atoms with Gasteiger partial charge in [-0.2, -0.15) is 0 Å². The van der Waals surface area contributed by atoms with Gasteiger partial charge in [0.15, 0.2) is 0 Å². The molecule has 1 saturated carbocycles. The minimum absolute atomic E-state index is 0.250. The first-order chi connectivity index (χ1) is 12.1. The predicted octanol–water partition coefficient (Wildman–Crippen LogP) is 3.69. The van der Waals surface area contributed by atoms with Gasteiger partial charge < -0.3 is 9.80 Å². The van der Waals surface area contributed by atoms with Gasteiger partial charge in [0.05, 0.1) is 0 Å². The van der Waals surface area contributed by atoms with E-state index in [0.717, 1.165) is 25.0 Å². The van der Waals surface area contributed by atoms with Crippen LogP contribution in [0.3, 0.4) is 0 Å². The molecule has 4 rings (SSSR count). The first-order valence-corrected chi connectivity index (χ1v) is 10.2. The summed E-state index contributed by atoms with van der Waals surface area (Å²) in [7, 11) is 0. The molecule has 1 aromatic rings. The zero-order valence-electron chi connectivity index (χ0n) is 15.8. The van der Waals surface area contributed by atoms with Crippen molar-refractivity contribution in [3.63, 3.8) is 0 Å². The second kappa shape index (κ2) is 7.11. The molecule has 25 heavy (non-hydrogen) atoms. The van der Waals surface area contributed by atoms with E-state index in [1.165, 1.54) is 56.3 Å². The number of nitrogens with zero attached hydrogens (tertiary/aromatic N) is 2. The van der Waals surface area contributed by atoms with Crippen molar-refractivity contribution in [2.75, 3.05) is 26.2 Å². The smallest absolute Gasteiger partial charge is 0.219 e. The number of rotatable bonds is 4. The van der Waals surface area contributed by atoms with Crippen molar-refractivity contribution in [2.45, 2.75) is 57.9 Å². The van der Waals surface area contributed by atoms with E-state index in [2.05, 4.69) is 41.0 Å². The number of amides is 1. The van der Waals surface area contributed by atoms with Gasteiger partial charge in [-0.05, 0) is 74.5 Å². The SMILES string of the molecule is CC(=O)N1CC2CCC(c3ccc(CCN4CCCC4C)cc3)C2C1. The first-order valence-electron chi connectivity index (χ1n) is 10.2. The number of fused-ring (bicyclic) bond motifs is 1. The van der Waals surface area contributed by atoms with Crippen LogP contribution in [-0.4, -0.2) is 47.9 Å². The largest absolute Gasteiger partial charge is 0.342 e. The van der Waals surface area contributed by atoms with Crippen molar-refractivity contribution in [1.29, 1.82) is 0 Å². The van der Waals surface area contributed by atoms with Crippen molar-refractivity contribution in [2.24, 2.45) is 11.8 Å². The van der Waals surface area contributed by atoms with Crippen LogP contribution in [-0.2, 0) is 11.2 Å². The molecule has 0 aromatic heterocycles. The first kappa shape index (κ1) is 17.1. The Morgan fingerprint density at radius 2 is 1.92 bits per heavy atom. The Morgan fingerprint density at radius 3 is 2.60 bits per heavy atom. The summed E-state index contributed by atoms with van der Waals surface area (Å²) in [5.41, 5.74) is 2.96. The maximum absolute atomic E-state index is 11.7. The van der Waals surface area contributed by atoms with Gasteiger partial charge in [-0.1, -0.05) is 24.3 Å². The average Bonchev–Trinajstić information content (AvgIpc) is 3.29. The molecule has 2 aliphatic heterocycles. The second-order valence-electron chi connectivity index (χ2n) is 8.55. The van der Waals surface area contributed by atoms with E-state index in [1.54, 1.807) is 6.92 Å². The summed E-state index contributed by atoms with van der Waals surface area (Å²) in [5.74, 6) is 2.31. The lowest BCUT2D eigenvalue weighted by atomic mass is 9.86. The number of hydrogen-bond donors (Lipinski definition) is 0. The highest BCUT2D eigenvalue weighted by atomic mass is 16.2. The van der Waals surface area contributed by atoms with E-state index in [9.17, 15) is 4.79 Å². The van der Waals surface area contributed by atoms with Crippen LogP contribution in [0.1, 0.15) is 56.6 Å². The Labute approximate surface area is 152 Å². The van der Waals surface area contributed by atoms with Gasteiger partial charge in [0, 0.05) is 32.6 Å². The van der Waals surface area contributed by atoms with E-state index in [-0.39, 0.29) is 5.91 Å². The molecule has 3 fully saturated rings. The van der Waals surface area contributed by atoms with Crippen LogP contribution >= 0.6 is 0 Å². The minimum atomic E-state index is 0.250. The summed E-state index contributed by atoms with van der Waals surface area (Å²) in [6.45, 7) is 8.51. The van der Waals surface area contributed by atoms with Gasteiger partial charge in [0.25, 0.3) is 0 Å². The zero-order valence-corrected chi connectivity index (χ0v) is 15.8. The molecular weight excluding hydrogens is 308 g/mol. The molecule has 1 amide bonds. The summed E-state index contributed by atoms with van der Waals surface area (Å²) >= 11 is 0. The summed E-state index contributed by atoms with van der Waals surface area (Å²) < 4.78 is 0. The topological polar surface area (TPSA) is 23.6 Å². The fourth-order valence-electron chi connectivity index (χ4n) is 5.47. The Hall–Kier alpha value is -1.35. The maximum Gasteiger partial charge on any atom is 0.219 e. The number of carbonyl (C=O) groups excluding carboxylic acids is 1. The zero-order chi connectivity index (χ0) is 17.4. The van der Waals surface area contributed by atoms with Crippen LogP contribution in [0.4, 0.5) is 0 Å². The molecule has 0 radical (unpaired) electrons. The molecule has 0 bridgehead atoms. The average molecular weight is 341 g/mol. The van der Waals surface area contributed by atoms with Crippen molar-refractivity contribution in [1.82, 2.24) is 9.80 Å². The van der Waals surface area contributed by atoms with Gasteiger partial charge in [-0.15, -0.1) is 0 Å². The standard InChI is InChI=1S/C22H32N2O/c1-16-4-3-12-23(16)13-11-18-5-7-19(8-6-18)21-10-9-20-14-24(17(2)25)15-22(20)21/h5-8,16,20-22H,3-4,9-15H2,1-2H3. The lowest BCUT2D eigenvalue weighted by Gasteiger charge is -2.22. The normalized spacial score (nSPS) is 32.3. The summed E-state index contributed by atoms with van der Waals surface area (Å²) in [6, 6.07) is 10.2. The number of hydrogen-bond acceptors (Lipinski definition) is 2. The molecule has 3 aliphatic rings. The quantitative estimate of drug-likeness (QED) is 0.835. The van der Waals surface area contributed by atoms with Gasteiger partial charge in [0.2, 0.25) is 5.91 Å². The Balaban J connectivity index is 1.36. The molecule has 4 atom stereocenters. The van der Waals surface area contributed by atoms with Crippen LogP contribution in [0.5, 0.6) is 0 Å². The van der Waals surface area contributed by atoms with Gasteiger partial charge in [0.1, 0.15) is 0 Å². The molecule has 2 heterocycles. The molecule has 0 N–H and O–H groups in total. The van der Waals surface area contributed by atoms with E-state index in [1.807, 2.05) is 0 Å². The lowest BCUT2D eigenvalue weighted by Crippen LogP contribution is -2.28. The highest BCUT2D eigenvalue weighted by Gasteiger charge is 2.43. The summed E-state index contributed by atoms with van der Waals surface area (Å²) in [4.78, 5) is 16.4. The number of likely N-dealkylation sites (tertiary alicyclic amines) is 2. The Bertz CT molecular complexity index is 611. The van der Waals surface area contributed by atoms with Crippen molar-refractivity contribution >= 4 is 5.91 Å². The molecule has 0 spiro atoms. The van der Waals surface area contributed by atoms with Crippen LogP contribution in [0.25, 0.3) is 0 Å². The highest BCUT2D eigenvalue weighted by molar-refractivity contribution is 5.73. The monoisotopic (exact) mass is 340 g/mol. The number of carbonyl (C=O) groups is 1. The maximum atomic E-state index is 11.7. The predicted molar refractivity (Wildman–Crippen MR) is 102 cm³/mol. The van der Waals surface area contributed by atoms with Gasteiger partial charge >= 0.3 is 0 Å². The Kier molecular flexibility index (Phi) is 4.86. The van der Waals surface area contributed by atoms with E-state index < -0.39 is 0 Å². The highest BCUT2D eigenvalue weighted by Crippen LogP contribution is 2.47.